The minimum atomic E-state index is -3.96. The van der Waals surface area contributed by atoms with Crippen molar-refractivity contribution in [2.45, 2.75) is 44.4 Å². The number of amides is 5. The second-order valence-electron chi connectivity index (χ2n) is 8.35. The van der Waals surface area contributed by atoms with Gasteiger partial charge in [0.25, 0.3) is 5.91 Å². The van der Waals surface area contributed by atoms with Crippen LogP contribution in [0.15, 0.2) is 29.2 Å². The molecule has 0 spiro atoms. The Balaban J connectivity index is 2.78. The first-order valence-corrected chi connectivity index (χ1v) is 12.6. The zero-order valence-electron chi connectivity index (χ0n) is 20.3. The Hall–Kier alpha value is -3.19. The maximum Gasteiger partial charge on any atom is 0.415 e. The molecule has 0 aromatic heterocycles. The third kappa shape index (κ3) is 9.53. The van der Waals surface area contributed by atoms with E-state index >= 15 is 0 Å². The average molecular weight is 516 g/mol. The van der Waals surface area contributed by atoms with Crippen molar-refractivity contribution in [2.75, 3.05) is 26.5 Å². The predicted molar refractivity (Wildman–Crippen MR) is 124 cm³/mol. The van der Waals surface area contributed by atoms with Crippen molar-refractivity contribution < 1.29 is 42.6 Å². The smallest absolute Gasteiger partial charge is 0.415 e. The Morgan fingerprint density at radius 2 is 1.69 bits per heavy atom. The number of phenols is 1. The molecule has 12 nitrogen and oxygen atoms in total. The zero-order chi connectivity index (χ0) is 26.8. The number of carbonyl (C=O) groups is 4. The van der Waals surface area contributed by atoms with Crippen molar-refractivity contribution in [3.8, 4) is 5.75 Å². The van der Waals surface area contributed by atoms with Gasteiger partial charge in [0, 0.05) is 20.0 Å². The maximum atomic E-state index is 12.8. The molecule has 0 aliphatic heterocycles. The number of carbonyl (C=O) groups excluding carboxylic acids is 4. The highest BCUT2D eigenvalue weighted by Crippen LogP contribution is 2.22. The molecule has 1 atom stereocenters. The first-order chi connectivity index (χ1) is 16.3. The van der Waals surface area contributed by atoms with Gasteiger partial charge in [-0.1, -0.05) is 20.3 Å². The Morgan fingerprint density at radius 3 is 2.23 bits per heavy atom. The van der Waals surface area contributed by atoms with Gasteiger partial charge in [-0.15, -0.1) is 5.06 Å². The summed E-state index contributed by atoms with van der Waals surface area (Å²) >= 11 is 0. The summed E-state index contributed by atoms with van der Waals surface area (Å²) in [7, 11) is -1.59. The van der Waals surface area contributed by atoms with E-state index in [9.17, 15) is 37.9 Å². The molecule has 0 saturated heterocycles. The molecule has 0 heterocycles. The van der Waals surface area contributed by atoms with Gasteiger partial charge in [0.2, 0.25) is 5.91 Å². The van der Waals surface area contributed by atoms with Gasteiger partial charge >= 0.3 is 12.1 Å². The molecule has 1 rings (SSSR count). The average Bonchev–Trinajstić information content (AvgIpc) is 2.82. The third-order valence-corrected chi connectivity index (χ3v) is 6.96. The number of hydrogen-bond donors (Lipinski definition) is 3. The van der Waals surface area contributed by atoms with Gasteiger partial charge in [-0.2, -0.15) is 0 Å². The number of hydroxylamine groups is 2. The van der Waals surface area contributed by atoms with Gasteiger partial charge in [0.15, 0.2) is 9.84 Å². The molecule has 0 aliphatic carbocycles. The lowest BCUT2D eigenvalue weighted by Crippen LogP contribution is -2.46. The summed E-state index contributed by atoms with van der Waals surface area (Å²) in [6, 6.07) is 3.66. The van der Waals surface area contributed by atoms with Gasteiger partial charge in [-0.25, -0.2) is 18.0 Å². The number of methoxy groups -OCH3 is 1. The van der Waals surface area contributed by atoms with E-state index < -0.39 is 45.4 Å². The van der Waals surface area contributed by atoms with E-state index in [0.717, 1.165) is 12.0 Å². The van der Waals surface area contributed by atoms with Gasteiger partial charge in [-0.3, -0.25) is 19.7 Å². The number of benzene rings is 1. The van der Waals surface area contributed by atoms with Crippen molar-refractivity contribution in [1.82, 2.24) is 15.3 Å². The molecule has 0 aliphatic rings. The number of hydrogen-bond acceptors (Lipinski definition) is 9. The van der Waals surface area contributed by atoms with Crippen LogP contribution in [0.3, 0.4) is 0 Å². The molecular weight excluding hydrogens is 482 g/mol. The minimum Gasteiger partial charge on any atom is -0.508 e. The number of urea groups is 1. The lowest BCUT2D eigenvalue weighted by atomic mass is 9.98. The van der Waals surface area contributed by atoms with Crippen LogP contribution in [0.25, 0.3) is 0 Å². The van der Waals surface area contributed by atoms with Crippen molar-refractivity contribution in [1.29, 1.82) is 0 Å². The Labute approximate surface area is 204 Å². The number of aromatic hydroxyl groups is 1. The van der Waals surface area contributed by atoms with E-state index in [2.05, 4.69) is 10.1 Å². The molecule has 0 saturated carbocycles. The predicted octanol–water partition coefficient (Wildman–Crippen LogP) is 2.15. The van der Waals surface area contributed by atoms with Crippen LogP contribution in [0.4, 0.5) is 9.59 Å². The maximum absolute atomic E-state index is 12.8. The molecule has 196 valence electrons. The van der Waals surface area contributed by atoms with E-state index in [0.29, 0.717) is 6.42 Å². The molecule has 0 unspecified atom stereocenters. The summed E-state index contributed by atoms with van der Waals surface area (Å²) in [4.78, 5) is 48.8. The van der Waals surface area contributed by atoms with Crippen LogP contribution in [-0.2, 0) is 24.2 Å². The summed E-state index contributed by atoms with van der Waals surface area (Å²) in [6.45, 7) is 3.68. The second kappa shape index (κ2) is 13.6. The molecule has 0 radical (unpaired) electrons. The summed E-state index contributed by atoms with van der Waals surface area (Å²) in [5.74, 6) is -3.43. The Bertz CT molecular complexity index is 994. The standard InChI is InChI=1S/C22H33N3O9S/c1-15(2)7-8-16(14-35(32,33)18-11-9-17(26)10-12-18)20(28)25(31)21(29)23-13-5-6-19(27)24(3)22(30)34-4/h9-12,15-16,26,31H,5-8,13-14H2,1-4H3,(H,23,29)/t16-/m1/s1. The van der Waals surface area contributed by atoms with Gasteiger partial charge in [0.05, 0.1) is 23.7 Å². The zero-order valence-corrected chi connectivity index (χ0v) is 21.1. The van der Waals surface area contributed by atoms with E-state index in [-0.39, 0.29) is 47.4 Å². The summed E-state index contributed by atoms with van der Waals surface area (Å²) in [5, 5.41) is 21.6. The van der Waals surface area contributed by atoms with Gasteiger partial charge in [-0.05, 0) is 43.0 Å². The highest BCUT2D eigenvalue weighted by Gasteiger charge is 2.32. The Kier molecular flexibility index (Phi) is 11.6. The fourth-order valence-electron chi connectivity index (χ4n) is 3.02. The SMILES string of the molecule is COC(=O)N(C)C(=O)CCCNC(=O)N(O)C(=O)[C@H](CCC(C)C)CS(=O)(=O)c1ccc(O)cc1. The van der Waals surface area contributed by atoms with Crippen LogP contribution < -0.4 is 5.32 Å². The number of rotatable bonds is 11. The second-order valence-corrected chi connectivity index (χ2v) is 10.4. The topological polar surface area (TPSA) is 171 Å². The van der Waals surface area contributed by atoms with E-state index in [1.54, 1.807) is 0 Å². The molecule has 3 N–H and O–H groups in total. The summed E-state index contributed by atoms with van der Waals surface area (Å²) < 4.78 is 30.0. The van der Waals surface area contributed by atoms with Crippen LogP contribution >= 0.6 is 0 Å². The molecular formula is C22H33N3O9S. The minimum absolute atomic E-state index is 0.0909. The lowest BCUT2D eigenvalue weighted by Gasteiger charge is -2.22. The van der Waals surface area contributed by atoms with Crippen molar-refractivity contribution in [2.24, 2.45) is 11.8 Å². The normalized spacial score (nSPS) is 12.1. The van der Waals surface area contributed by atoms with Crippen LogP contribution in [-0.4, -0.2) is 79.1 Å². The first kappa shape index (κ1) is 29.8. The molecule has 1 aromatic carbocycles. The van der Waals surface area contributed by atoms with Crippen molar-refractivity contribution in [3.63, 3.8) is 0 Å². The fraction of sp³-hybridized carbons (Fsp3) is 0.545. The number of phenolic OH excluding ortho intramolecular Hbond substituents is 1. The lowest BCUT2D eigenvalue weighted by molar-refractivity contribution is -0.157. The number of ether oxygens (including phenoxy) is 1. The van der Waals surface area contributed by atoms with Crippen LogP contribution in [0.5, 0.6) is 5.75 Å². The molecule has 13 heteroatoms. The van der Waals surface area contributed by atoms with Crippen molar-refractivity contribution >= 4 is 33.8 Å². The number of imide groups is 2. The highest BCUT2D eigenvalue weighted by molar-refractivity contribution is 7.91. The molecule has 1 aromatic rings. The summed E-state index contributed by atoms with van der Waals surface area (Å²) in [6.07, 6.45) is -0.229. The first-order valence-electron chi connectivity index (χ1n) is 11.0. The van der Waals surface area contributed by atoms with E-state index in [4.69, 9.17) is 0 Å². The summed E-state index contributed by atoms with van der Waals surface area (Å²) in [5.41, 5.74) is 0. The monoisotopic (exact) mass is 515 g/mol. The number of sulfone groups is 1. The van der Waals surface area contributed by atoms with Gasteiger partial charge < -0.3 is 15.2 Å². The highest BCUT2D eigenvalue weighted by atomic mass is 32.2. The quantitative estimate of drug-likeness (QED) is 0.227. The fourth-order valence-corrected chi connectivity index (χ4v) is 4.60. The molecule has 35 heavy (non-hydrogen) atoms. The third-order valence-electron chi connectivity index (χ3n) is 5.13. The number of nitrogens with zero attached hydrogens (tertiary/aromatic N) is 2. The molecule has 5 amide bonds. The van der Waals surface area contributed by atoms with Crippen molar-refractivity contribution in [3.05, 3.63) is 24.3 Å². The molecule has 0 fully saturated rings. The van der Waals surface area contributed by atoms with Crippen LogP contribution in [0, 0.1) is 11.8 Å². The van der Waals surface area contributed by atoms with E-state index in [1.165, 1.54) is 31.3 Å². The Morgan fingerprint density at radius 1 is 1.09 bits per heavy atom. The van der Waals surface area contributed by atoms with Crippen LogP contribution in [0.1, 0.15) is 39.5 Å². The van der Waals surface area contributed by atoms with Crippen LogP contribution in [0.2, 0.25) is 0 Å². The number of nitrogens with one attached hydrogen (secondary N) is 1. The molecule has 0 bridgehead atoms. The largest absolute Gasteiger partial charge is 0.508 e. The van der Waals surface area contributed by atoms with E-state index in [1.807, 2.05) is 13.8 Å². The van der Waals surface area contributed by atoms with Gasteiger partial charge in [0.1, 0.15) is 5.75 Å².